The molecule has 9 aromatic rings. The molecule has 738 valence electrons. The van der Waals surface area contributed by atoms with Gasteiger partial charge in [0.1, 0.15) is 65.8 Å². The van der Waals surface area contributed by atoms with Gasteiger partial charge in [0.15, 0.2) is 17.5 Å². The van der Waals surface area contributed by atoms with E-state index in [1.54, 1.807) is 91.0 Å². The van der Waals surface area contributed by atoms with Crippen LogP contribution in [0.4, 0.5) is 52.7 Å². The number of aromatic nitrogens is 3. The minimum absolute atomic E-state index is 0.0566. The fourth-order valence-electron chi connectivity index (χ4n) is 14.9. The molecule has 0 bridgehead atoms. The lowest BCUT2D eigenvalue weighted by molar-refractivity contribution is -0.177. The Balaban J connectivity index is 0.000000215. The Hall–Kier alpha value is -15.2. The molecule has 3 fully saturated rings. The first kappa shape index (κ1) is 106. The van der Waals surface area contributed by atoms with E-state index in [-0.39, 0.29) is 36.0 Å². The van der Waals surface area contributed by atoms with Crippen molar-refractivity contribution in [1.29, 1.82) is 0 Å². The van der Waals surface area contributed by atoms with E-state index in [9.17, 15) is 141 Å². The number of carbonyl (C=O) groups is 12. The van der Waals surface area contributed by atoms with Gasteiger partial charge < -0.3 is 91.7 Å². The van der Waals surface area contributed by atoms with Crippen LogP contribution in [0.2, 0.25) is 0 Å². The van der Waals surface area contributed by atoms with E-state index < -0.39 is 304 Å². The summed E-state index contributed by atoms with van der Waals surface area (Å²) < 4.78 is 192. The number of halogens is 12. The second-order valence-electron chi connectivity index (χ2n) is 32.5. The van der Waals surface area contributed by atoms with Crippen LogP contribution >= 0.6 is 0 Å². The van der Waals surface area contributed by atoms with Crippen molar-refractivity contribution < 1.29 is 160 Å². The van der Waals surface area contributed by atoms with Crippen LogP contribution in [0.15, 0.2) is 164 Å². The summed E-state index contributed by atoms with van der Waals surface area (Å²) in [4.78, 5) is 170. The topological polar surface area (TPSA) is 489 Å². The van der Waals surface area contributed by atoms with Crippen molar-refractivity contribution in [3.63, 3.8) is 0 Å². The number of carbonyl (C=O) groups excluding carboxylic acids is 12. The number of phenolic OH excluding ortho intramolecular Hbond substituents is 3. The maximum atomic E-state index is 14.7. The Labute approximate surface area is 782 Å². The number of aromatic hydroxyl groups is 3. The monoisotopic (exact) mass is 1950 g/mol. The van der Waals surface area contributed by atoms with Gasteiger partial charge in [-0.15, -0.1) is 0 Å². The lowest BCUT2D eigenvalue weighted by Crippen LogP contribution is -2.61. The van der Waals surface area contributed by atoms with Crippen molar-refractivity contribution in [3.05, 3.63) is 284 Å². The SMILES string of the molecule is C[C@H]1OC(=O)C(Cc2ccccc2)N(C)C(=O)[C@H](C)[C@H](O)[C@H](Cc2c(F)nc(F)c(F)c2F)NC(=O)[C@H]1NC(=O)c1ccccc1O.C[C@H]1OC(=O)C(Cc2ccccc2)NC(=O)[C@H](C)[C@H](O)[C@H](Cc2c(F)nc(F)c(F)c2F)NC(=O)[C@H]1NC(=O)c1ccccc1O.C[C@H]1OC(=O)C(Cc2ccccc2)OC(=O)[C@H](C)[C@H](O)[C@H](Cc2c(F)nc(F)c(F)c2F)NC(=O)[C@H]1NC(=O)c1ccccc1O. The summed E-state index contributed by atoms with van der Waals surface area (Å²) in [6, 6.07) is 28.1. The number of nitrogens with zero attached hydrogens (tertiary/aromatic N) is 4. The number of cyclic esters (lactones) is 4. The van der Waals surface area contributed by atoms with E-state index in [0.717, 1.165) is 11.8 Å². The van der Waals surface area contributed by atoms with Crippen LogP contribution in [0.3, 0.4) is 0 Å². The third kappa shape index (κ3) is 26.2. The van der Waals surface area contributed by atoms with Gasteiger partial charge in [-0.2, -0.15) is 54.5 Å². The van der Waals surface area contributed by atoms with E-state index in [4.69, 9.17) is 18.9 Å². The molecule has 13 N–H and O–H groups in total. The largest absolute Gasteiger partial charge is 0.507 e. The maximum absolute atomic E-state index is 14.7. The lowest BCUT2D eigenvalue weighted by Gasteiger charge is -2.36. The summed E-state index contributed by atoms with van der Waals surface area (Å²) in [5.74, 6) is -41.9. The molecular formula is C94H91F12N11O22. The summed E-state index contributed by atoms with van der Waals surface area (Å²) >= 11 is 0. The molecule has 3 saturated heterocycles. The van der Waals surface area contributed by atoms with Crippen molar-refractivity contribution in [3.8, 4) is 17.2 Å². The summed E-state index contributed by atoms with van der Waals surface area (Å²) in [5, 5.41) is 80.5. The first-order chi connectivity index (χ1) is 65.8. The normalized spacial score (nSPS) is 24.1. The minimum atomic E-state index is -2.12. The number of benzene rings is 6. The molecule has 3 aliphatic heterocycles. The van der Waals surface area contributed by atoms with Crippen molar-refractivity contribution in [2.45, 2.75) is 171 Å². The van der Waals surface area contributed by atoms with Gasteiger partial charge in [0.2, 0.25) is 70.9 Å². The first-order valence-corrected chi connectivity index (χ1v) is 42.6. The zero-order chi connectivity index (χ0) is 102. The number of aliphatic hydroxyl groups is 3. The number of amides is 8. The predicted octanol–water partition coefficient (Wildman–Crippen LogP) is 6.29. The highest BCUT2D eigenvalue weighted by atomic mass is 19.2. The molecule has 3 aromatic heterocycles. The first-order valence-electron chi connectivity index (χ1n) is 42.6. The maximum Gasteiger partial charge on any atom is 0.348 e. The highest BCUT2D eigenvalue weighted by molar-refractivity contribution is 6.02. The van der Waals surface area contributed by atoms with Gasteiger partial charge in [-0.1, -0.05) is 141 Å². The minimum Gasteiger partial charge on any atom is -0.507 e. The second kappa shape index (κ2) is 47.1. The quantitative estimate of drug-likeness (QED) is 0.0194. The van der Waals surface area contributed by atoms with Crippen LogP contribution in [0.1, 0.15) is 106 Å². The van der Waals surface area contributed by atoms with Gasteiger partial charge >= 0.3 is 23.9 Å². The van der Waals surface area contributed by atoms with Gasteiger partial charge in [0, 0.05) is 62.3 Å². The van der Waals surface area contributed by atoms with Crippen molar-refractivity contribution >= 4 is 71.1 Å². The number of nitrogens with one attached hydrogen (secondary N) is 7. The zero-order valence-corrected chi connectivity index (χ0v) is 74.3. The number of phenols is 3. The number of esters is 4. The van der Waals surface area contributed by atoms with Gasteiger partial charge in [-0.25, -0.2) is 27.6 Å². The van der Waals surface area contributed by atoms with E-state index in [0.29, 0.717) is 16.7 Å². The summed E-state index contributed by atoms with van der Waals surface area (Å²) in [7, 11) is 1.28. The molecule has 45 heteroatoms. The standard InChI is InChI=1S/C32H32F4N4O7.C31H30F4N4O7.C31H29F4N3O8/c1-15-26(42)20(14-19-23(33)24(34)28(36)39-27(19)35)37-30(44)25(38-29(43)18-11-7-8-12-22(18)41)16(2)47-32(46)21(40(3)31(15)45)13-17-9-5-4-6-10-17;1-14-25(41)19(13-18-22(32)23(33)27(35)39-26(18)34)36-30(44)24(38-29(43)17-10-6-7-11-21(17)40)15(2)46-31(45)20(37-28(14)42)12-16-8-4-3-5-9-16;1-14-25(40)19(13-18-22(32)23(33)27(35)38-26(18)34)36-29(42)24(37-28(41)17-10-6-7-11-20(17)39)15(2)45-31(44)21(46-30(14)43)12-16-8-4-3-5-9-16/h4-12,15-16,20-21,25-26,41-42H,13-14H2,1-3H3,(H,37,44)(H,38,43);3-11,14-15,19-20,24-25,40-41H,12-13H2,1-2H3,(H,36,44)(H,37,42)(H,38,43);3-11,14-15,19,21,24-25,39-40H,12-13H2,1-2H3,(H,36,42)(H,37,41)/t15-,16-,20+,21?,25+,26+;14-,15-,19+,20?,24+,25+;14-,15-,19+,21?,24+,25+/m111/s1. The van der Waals surface area contributed by atoms with Gasteiger partial charge in [-0.05, 0) is 80.8 Å². The summed E-state index contributed by atoms with van der Waals surface area (Å²) in [6.07, 6.45) is -15.3. The van der Waals surface area contributed by atoms with Crippen molar-refractivity contribution in [1.82, 2.24) is 57.1 Å². The highest BCUT2D eigenvalue weighted by Crippen LogP contribution is 2.31. The molecule has 3 unspecified atom stereocenters. The van der Waals surface area contributed by atoms with Crippen LogP contribution in [0.5, 0.6) is 17.2 Å². The molecule has 6 heterocycles. The van der Waals surface area contributed by atoms with Gasteiger partial charge in [0.25, 0.3) is 35.6 Å². The van der Waals surface area contributed by atoms with E-state index in [1.165, 1.54) is 114 Å². The summed E-state index contributed by atoms with van der Waals surface area (Å²) in [5.41, 5.74) is -2.43. The molecule has 8 amide bonds. The number of para-hydroxylation sites is 3. The zero-order valence-electron chi connectivity index (χ0n) is 74.3. The van der Waals surface area contributed by atoms with Crippen molar-refractivity contribution in [2.24, 2.45) is 17.8 Å². The number of pyridine rings is 3. The Morgan fingerprint density at radius 1 is 0.338 bits per heavy atom. The fraction of sp³-hybridized carbons (Fsp3) is 0.330. The van der Waals surface area contributed by atoms with Crippen LogP contribution < -0.4 is 37.2 Å². The van der Waals surface area contributed by atoms with Gasteiger partial charge in [0.05, 0.1) is 70.9 Å². The number of hydrogen-bond acceptors (Lipinski definition) is 25. The third-order valence-corrected chi connectivity index (χ3v) is 23.0. The highest BCUT2D eigenvalue weighted by Gasteiger charge is 2.47. The van der Waals surface area contributed by atoms with E-state index >= 15 is 0 Å². The number of rotatable bonds is 18. The fourth-order valence-corrected chi connectivity index (χ4v) is 14.9. The van der Waals surface area contributed by atoms with Gasteiger partial charge in [-0.3, -0.25) is 43.2 Å². The number of hydrogen-bond donors (Lipinski definition) is 13. The Morgan fingerprint density at radius 2 is 0.640 bits per heavy atom. The molecule has 3 aliphatic rings. The van der Waals surface area contributed by atoms with Crippen LogP contribution in [0.25, 0.3) is 0 Å². The molecule has 6 aromatic carbocycles. The Morgan fingerprint density at radius 3 is 0.993 bits per heavy atom. The average Bonchev–Trinajstić information content (AvgIpc) is 0.797. The third-order valence-electron chi connectivity index (χ3n) is 23.0. The number of aliphatic hydroxyl groups excluding tert-OH is 3. The summed E-state index contributed by atoms with van der Waals surface area (Å²) in [6.45, 7) is 7.29. The molecular weight excluding hydrogens is 1860 g/mol. The molecule has 0 aliphatic carbocycles. The molecule has 0 radical (unpaired) electrons. The number of ether oxygens (including phenoxy) is 4. The van der Waals surface area contributed by atoms with Crippen LogP contribution in [-0.4, -0.2) is 220 Å². The Kier molecular flexibility index (Phi) is 35.9. The molecule has 0 saturated carbocycles. The van der Waals surface area contributed by atoms with E-state index in [1.807, 2.05) is 0 Å². The van der Waals surface area contributed by atoms with Crippen LogP contribution in [-0.2, 0) is 101 Å². The van der Waals surface area contributed by atoms with Crippen molar-refractivity contribution in [2.75, 3.05) is 7.05 Å². The molecule has 33 nitrogen and oxygen atoms in total. The molecule has 139 heavy (non-hydrogen) atoms. The molecule has 12 rings (SSSR count). The van der Waals surface area contributed by atoms with Crippen LogP contribution in [0, 0.1) is 88.3 Å². The molecule has 0 spiro atoms. The average molecular weight is 1950 g/mol. The van der Waals surface area contributed by atoms with E-state index in [2.05, 4.69) is 52.2 Å². The molecule has 18 atom stereocenters. The lowest BCUT2D eigenvalue weighted by atomic mass is 9.90. The smallest absolute Gasteiger partial charge is 0.348 e. The number of likely N-dealkylation sites (N-methyl/N-ethyl adjacent to an activating group) is 1. The Bertz CT molecular complexity index is 5820. The second-order valence-corrected chi connectivity index (χ2v) is 32.5. The predicted molar refractivity (Wildman–Crippen MR) is 458 cm³/mol.